The number of carbonyl (C=O) groups excluding carboxylic acids is 2. The molecule has 8 heteroatoms. The molecule has 1 saturated heterocycles. The van der Waals surface area contributed by atoms with Gasteiger partial charge in [0, 0.05) is 44.1 Å². The molecule has 0 spiro atoms. The molecule has 1 atom stereocenters. The Morgan fingerprint density at radius 2 is 1.88 bits per heavy atom. The summed E-state index contributed by atoms with van der Waals surface area (Å²) in [7, 11) is 1.88. The van der Waals surface area contributed by atoms with E-state index in [1.807, 2.05) is 67.4 Å². The Morgan fingerprint density at radius 3 is 2.64 bits per heavy atom. The van der Waals surface area contributed by atoms with Crippen molar-refractivity contribution in [2.45, 2.75) is 32.4 Å². The molecule has 3 heterocycles. The first kappa shape index (κ1) is 21.2. The first-order chi connectivity index (χ1) is 16.0. The normalized spacial score (nSPS) is 18.3. The van der Waals surface area contributed by atoms with Gasteiger partial charge in [0.05, 0.1) is 11.7 Å². The topological polar surface area (TPSA) is 82.5 Å². The third-order valence-corrected chi connectivity index (χ3v) is 6.45. The highest BCUT2D eigenvalue weighted by atomic mass is 16.2. The quantitative estimate of drug-likeness (QED) is 0.645. The number of nitrogens with zero attached hydrogens (tertiary/aromatic N) is 4. The van der Waals surface area contributed by atoms with E-state index < -0.39 is 0 Å². The number of hydrogen-bond acceptors (Lipinski definition) is 4. The highest BCUT2D eigenvalue weighted by Gasteiger charge is 2.39. The summed E-state index contributed by atoms with van der Waals surface area (Å²) in [5, 5.41) is 10.2. The van der Waals surface area contributed by atoms with Gasteiger partial charge in [-0.1, -0.05) is 30.3 Å². The van der Waals surface area contributed by atoms with E-state index in [1.165, 1.54) is 0 Å². The molecule has 170 valence electrons. The first-order valence-electron chi connectivity index (χ1n) is 11.3. The molecule has 3 aromatic rings. The minimum atomic E-state index is -0.259. The van der Waals surface area contributed by atoms with Crippen LogP contribution < -0.4 is 15.5 Å². The van der Waals surface area contributed by atoms with Crippen molar-refractivity contribution in [2.24, 2.45) is 7.05 Å². The van der Waals surface area contributed by atoms with Gasteiger partial charge in [-0.15, -0.1) is 0 Å². The Bertz CT molecular complexity index is 1190. The van der Waals surface area contributed by atoms with E-state index in [1.54, 1.807) is 4.68 Å². The predicted molar refractivity (Wildman–Crippen MR) is 128 cm³/mol. The molecule has 2 aliphatic rings. The van der Waals surface area contributed by atoms with Crippen LogP contribution in [0.3, 0.4) is 0 Å². The zero-order valence-corrected chi connectivity index (χ0v) is 18.9. The SMILES string of the molecule is Cc1cc(N2CCC(N3CCc4c(cccc4NC(=O)Nc4ccccc4)C3)C2=O)n(C)n1. The standard InChI is InChI=1S/C25H28N6O2/c1-17-15-23(29(2)28-17)31-14-12-22(24(31)32)30-13-11-20-18(16-30)7-6-10-21(20)27-25(33)26-19-8-4-3-5-9-19/h3-10,15,22H,11-14,16H2,1-2H3,(H2,26,27,33). The van der Waals surface area contributed by atoms with E-state index in [0.717, 1.165) is 53.4 Å². The van der Waals surface area contributed by atoms with Gasteiger partial charge in [-0.3, -0.25) is 19.3 Å². The van der Waals surface area contributed by atoms with Crippen LogP contribution in [-0.4, -0.2) is 45.8 Å². The molecule has 8 nitrogen and oxygen atoms in total. The van der Waals surface area contributed by atoms with Crippen LogP contribution in [0.25, 0.3) is 0 Å². The summed E-state index contributed by atoms with van der Waals surface area (Å²) in [6.07, 6.45) is 1.58. The van der Waals surface area contributed by atoms with Gasteiger partial charge in [-0.25, -0.2) is 4.79 Å². The van der Waals surface area contributed by atoms with Crippen molar-refractivity contribution in [1.82, 2.24) is 14.7 Å². The predicted octanol–water partition coefficient (Wildman–Crippen LogP) is 3.54. The van der Waals surface area contributed by atoms with Gasteiger partial charge in [0.15, 0.2) is 0 Å². The van der Waals surface area contributed by atoms with Crippen molar-refractivity contribution in [3.05, 3.63) is 71.4 Å². The van der Waals surface area contributed by atoms with Crippen LogP contribution >= 0.6 is 0 Å². The van der Waals surface area contributed by atoms with Crippen LogP contribution in [0.15, 0.2) is 54.6 Å². The Kier molecular flexibility index (Phi) is 5.60. The lowest BCUT2D eigenvalue weighted by Gasteiger charge is -2.33. The maximum Gasteiger partial charge on any atom is 0.323 e. The number of carbonyl (C=O) groups is 2. The van der Waals surface area contributed by atoms with Gasteiger partial charge in [-0.2, -0.15) is 5.10 Å². The van der Waals surface area contributed by atoms with Crippen LogP contribution in [0.4, 0.5) is 22.0 Å². The monoisotopic (exact) mass is 444 g/mol. The highest BCUT2D eigenvalue weighted by molar-refractivity contribution is 6.00. The molecule has 0 radical (unpaired) electrons. The fourth-order valence-corrected chi connectivity index (χ4v) is 4.90. The Labute approximate surface area is 193 Å². The Balaban J connectivity index is 1.27. The second kappa shape index (κ2) is 8.71. The minimum absolute atomic E-state index is 0.133. The molecule has 1 aromatic heterocycles. The van der Waals surface area contributed by atoms with E-state index in [0.29, 0.717) is 13.1 Å². The number of aromatic nitrogens is 2. The first-order valence-corrected chi connectivity index (χ1v) is 11.3. The Hall–Kier alpha value is -3.65. The van der Waals surface area contributed by atoms with Gasteiger partial charge in [0.25, 0.3) is 0 Å². The summed E-state index contributed by atoms with van der Waals surface area (Å²) in [5.41, 5.74) is 4.78. The highest BCUT2D eigenvalue weighted by Crippen LogP contribution is 2.31. The number of urea groups is 1. The fraction of sp³-hybridized carbons (Fsp3) is 0.320. The summed E-state index contributed by atoms with van der Waals surface area (Å²) in [6.45, 7) is 4.11. The molecule has 1 unspecified atom stereocenters. The van der Waals surface area contributed by atoms with Gasteiger partial charge in [-0.05, 0) is 49.1 Å². The van der Waals surface area contributed by atoms with E-state index in [4.69, 9.17) is 0 Å². The van der Waals surface area contributed by atoms with E-state index in [9.17, 15) is 9.59 Å². The van der Waals surface area contributed by atoms with Crippen molar-refractivity contribution in [3.63, 3.8) is 0 Å². The number of hydrogen-bond donors (Lipinski definition) is 2. The third kappa shape index (κ3) is 4.21. The lowest BCUT2D eigenvalue weighted by molar-refractivity contribution is -0.122. The van der Waals surface area contributed by atoms with Crippen molar-refractivity contribution in [1.29, 1.82) is 0 Å². The fourth-order valence-electron chi connectivity index (χ4n) is 4.90. The number of benzene rings is 2. The van der Waals surface area contributed by atoms with E-state index in [2.05, 4.69) is 26.7 Å². The summed E-state index contributed by atoms with van der Waals surface area (Å²) in [6, 6.07) is 16.9. The van der Waals surface area contributed by atoms with Crippen LogP contribution in [-0.2, 0) is 24.8 Å². The summed E-state index contributed by atoms with van der Waals surface area (Å²) in [4.78, 5) is 29.9. The second-order valence-electron chi connectivity index (χ2n) is 8.67. The number of aryl methyl sites for hydroxylation is 2. The van der Waals surface area contributed by atoms with Crippen molar-refractivity contribution >= 4 is 29.1 Å². The lowest BCUT2D eigenvalue weighted by atomic mass is 9.96. The van der Waals surface area contributed by atoms with Crippen LogP contribution in [0.5, 0.6) is 0 Å². The van der Waals surface area contributed by atoms with Gasteiger partial charge < -0.3 is 10.6 Å². The summed E-state index contributed by atoms with van der Waals surface area (Å²) < 4.78 is 1.78. The maximum atomic E-state index is 13.2. The molecule has 3 amide bonds. The molecule has 0 saturated carbocycles. The zero-order valence-electron chi connectivity index (χ0n) is 18.9. The average molecular weight is 445 g/mol. The second-order valence-corrected chi connectivity index (χ2v) is 8.67. The van der Waals surface area contributed by atoms with Gasteiger partial charge >= 0.3 is 6.03 Å². The van der Waals surface area contributed by atoms with E-state index >= 15 is 0 Å². The molecule has 5 rings (SSSR count). The van der Waals surface area contributed by atoms with Gasteiger partial charge in [0.1, 0.15) is 5.82 Å². The van der Waals surface area contributed by atoms with Crippen molar-refractivity contribution < 1.29 is 9.59 Å². The van der Waals surface area contributed by atoms with Gasteiger partial charge in [0.2, 0.25) is 5.91 Å². The Morgan fingerprint density at radius 1 is 1.06 bits per heavy atom. The smallest absolute Gasteiger partial charge is 0.308 e. The zero-order chi connectivity index (χ0) is 22.9. The molecule has 1 fully saturated rings. The maximum absolute atomic E-state index is 13.2. The molecule has 0 bridgehead atoms. The van der Waals surface area contributed by atoms with Crippen molar-refractivity contribution in [2.75, 3.05) is 28.6 Å². The summed E-state index contributed by atoms with van der Waals surface area (Å²) in [5.74, 6) is 0.992. The largest absolute Gasteiger partial charge is 0.323 e. The average Bonchev–Trinajstić information content (AvgIpc) is 3.34. The lowest BCUT2D eigenvalue weighted by Crippen LogP contribution is -2.44. The number of amides is 3. The molecular weight excluding hydrogens is 416 g/mol. The summed E-state index contributed by atoms with van der Waals surface area (Å²) >= 11 is 0. The minimum Gasteiger partial charge on any atom is -0.308 e. The number of nitrogens with one attached hydrogen (secondary N) is 2. The molecule has 2 aliphatic heterocycles. The number of rotatable bonds is 4. The number of fused-ring (bicyclic) bond motifs is 1. The molecule has 2 aromatic carbocycles. The van der Waals surface area contributed by atoms with Crippen molar-refractivity contribution in [3.8, 4) is 0 Å². The number of anilines is 3. The molecular formula is C25H28N6O2. The van der Waals surface area contributed by atoms with E-state index in [-0.39, 0.29) is 18.0 Å². The van der Waals surface area contributed by atoms with Crippen LogP contribution in [0.2, 0.25) is 0 Å². The van der Waals surface area contributed by atoms with Crippen LogP contribution in [0.1, 0.15) is 23.2 Å². The number of para-hydroxylation sites is 1. The molecule has 33 heavy (non-hydrogen) atoms. The third-order valence-electron chi connectivity index (χ3n) is 6.45. The molecule has 2 N–H and O–H groups in total. The molecule has 0 aliphatic carbocycles. The van der Waals surface area contributed by atoms with Crippen LogP contribution in [0, 0.1) is 6.92 Å².